The van der Waals surface area contributed by atoms with Gasteiger partial charge < -0.3 is 33.2 Å². The number of esters is 5. The van der Waals surface area contributed by atoms with Crippen LogP contribution < -0.4 is 5.32 Å². The average Bonchev–Trinajstić information content (AvgIpc) is 2.80. The summed E-state index contributed by atoms with van der Waals surface area (Å²) in [6.45, 7) is 15.5. The molecule has 1 heterocycles. The summed E-state index contributed by atoms with van der Waals surface area (Å²) in [4.78, 5) is 73.2. The first-order chi connectivity index (χ1) is 19.7. The molecule has 5 atom stereocenters. The van der Waals surface area contributed by atoms with E-state index in [1.54, 1.807) is 20.8 Å². The Morgan fingerprint density at radius 2 is 1.28 bits per heavy atom. The summed E-state index contributed by atoms with van der Waals surface area (Å²) < 4.78 is 38.1. The fraction of sp³-hybridized carbons (Fsp3) is 0.714. The molecule has 0 aliphatic carbocycles. The number of hydrogen-bond donors (Lipinski definition) is 1. The molecule has 1 amide bonds. The quantitative estimate of drug-likeness (QED) is 0.144. The normalized spacial score (nSPS) is 22.5. The number of hydrogen-bond acceptors (Lipinski definition) is 13. The lowest BCUT2D eigenvalue weighted by atomic mass is 9.92. The topological polar surface area (TPSA) is 179 Å². The monoisotopic (exact) mass is 631 g/mol. The molecule has 0 bridgehead atoms. The van der Waals surface area contributed by atoms with E-state index >= 15 is 0 Å². The zero-order chi connectivity index (χ0) is 33.1. The second kappa shape index (κ2) is 16.4. The molecule has 1 aliphatic rings. The minimum Gasteiger partial charge on any atom is -0.463 e. The van der Waals surface area contributed by atoms with E-state index in [0.29, 0.717) is 6.04 Å². The minimum atomic E-state index is -1.55. The van der Waals surface area contributed by atoms with Crippen molar-refractivity contribution < 1.29 is 61.9 Å². The molecule has 1 rings (SSSR count). The van der Waals surface area contributed by atoms with Crippen molar-refractivity contribution in [1.29, 1.82) is 0 Å². The molecule has 0 saturated carbocycles. The maximum Gasteiger partial charge on any atom is 0.412 e. The Hall–Kier alpha value is -3.46. The lowest BCUT2D eigenvalue weighted by molar-refractivity contribution is -0.251. The average molecular weight is 632 g/mol. The van der Waals surface area contributed by atoms with Crippen LogP contribution in [0.2, 0.25) is 25.7 Å². The van der Waals surface area contributed by atoms with Crippen LogP contribution in [0.15, 0.2) is 11.8 Å². The molecule has 1 aliphatic heterocycles. The third-order valence-electron chi connectivity index (χ3n) is 5.58. The molecule has 1 fully saturated rings. The Labute approximate surface area is 253 Å². The molecule has 0 unspecified atom stereocenters. The van der Waals surface area contributed by atoms with E-state index in [1.807, 2.05) is 0 Å². The third-order valence-corrected chi connectivity index (χ3v) is 7.29. The van der Waals surface area contributed by atoms with Gasteiger partial charge in [-0.25, -0.2) is 9.59 Å². The fourth-order valence-corrected chi connectivity index (χ4v) is 4.58. The van der Waals surface area contributed by atoms with E-state index in [9.17, 15) is 28.8 Å². The lowest BCUT2D eigenvalue weighted by Crippen LogP contribution is -2.62. The van der Waals surface area contributed by atoms with Gasteiger partial charge in [-0.15, -0.1) is 0 Å². The van der Waals surface area contributed by atoms with Crippen LogP contribution in [0.1, 0.15) is 54.9 Å². The van der Waals surface area contributed by atoms with Gasteiger partial charge in [0, 0.05) is 35.8 Å². The Balaban J connectivity index is 3.50. The van der Waals surface area contributed by atoms with E-state index in [-0.39, 0.29) is 18.7 Å². The molecular weight excluding hydrogens is 586 g/mol. The predicted molar refractivity (Wildman–Crippen MR) is 153 cm³/mol. The summed E-state index contributed by atoms with van der Waals surface area (Å²) in [5.74, 6) is -3.80. The van der Waals surface area contributed by atoms with Crippen LogP contribution in [0.25, 0.3) is 0 Å². The van der Waals surface area contributed by atoms with E-state index in [4.69, 9.17) is 33.2 Å². The highest BCUT2D eigenvalue weighted by molar-refractivity contribution is 6.76. The second-order valence-corrected chi connectivity index (χ2v) is 17.8. The van der Waals surface area contributed by atoms with Gasteiger partial charge in [-0.05, 0) is 33.2 Å². The number of alkyl carbamates (subject to hydrolysis) is 1. The van der Waals surface area contributed by atoms with E-state index in [2.05, 4.69) is 25.0 Å². The van der Waals surface area contributed by atoms with Crippen molar-refractivity contribution in [1.82, 2.24) is 5.32 Å². The van der Waals surface area contributed by atoms with Crippen molar-refractivity contribution in [3.63, 3.8) is 0 Å². The van der Waals surface area contributed by atoms with Crippen LogP contribution in [0, 0.1) is 0 Å². The summed E-state index contributed by atoms with van der Waals surface area (Å²) in [5.41, 5.74) is -1.13. The van der Waals surface area contributed by atoms with Gasteiger partial charge in [0.25, 0.3) is 0 Å². The summed E-state index contributed by atoms with van der Waals surface area (Å²) in [7, 11) is -1.55. The van der Waals surface area contributed by atoms with Gasteiger partial charge in [0.2, 0.25) is 0 Å². The first-order valence-electron chi connectivity index (χ1n) is 13.9. The van der Waals surface area contributed by atoms with Crippen molar-refractivity contribution in [3.05, 3.63) is 11.8 Å². The second-order valence-electron chi connectivity index (χ2n) is 12.2. The van der Waals surface area contributed by atoms with E-state index in [1.165, 1.54) is 6.08 Å². The van der Waals surface area contributed by atoms with Gasteiger partial charge in [-0.1, -0.05) is 25.7 Å². The molecule has 0 aromatic heterocycles. The molecule has 0 aromatic carbocycles. The number of carbonyl (C=O) groups is 6. The van der Waals surface area contributed by atoms with Crippen LogP contribution in [0.4, 0.5) is 4.79 Å². The van der Waals surface area contributed by atoms with Gasteiger partial charge in [-0.3, -0.25) is 24.5 Å². The smallest absolute Gasteiger partial charge is 0.412 e. The molecule has 1 saturated heterocycles. The molecular formula is C28H45NO13Si. The van der Waals surface area contributed by atoms with Gasteiger partial charge in [-0.2, -0.15) is 0 Å². The Bertz CT molecular complexity index is 1060. The summed E-state index contributed by atoms with van der Waals surface area (Å²) in [5, 5.41) is 2.40. The maximum atomic E-state index is 13.0. The maximum absolute atomic E-state index is 13.0. The van der Waals surface area contributed by atoms with Gasteiger partial charge in [0.15, 0.2) is 18.3 Å². The SMILES string of the molecule is CC(=O)OC[C@H]1O[C@H](C/C=C(/NC(=O)OC(C)(C)C)C(=O)OCC[Si](C)(C)C)[C@@H](OC(C)=O)[C@@H](OC(C)=O)[C@@H]1OC(C)=O. The van der Waals surface area contributed by atoms with Crippen LogP contribution in [0.3, 0.4) is 0 Å². The zero-order valence-corrected chi connectivity index (χ0v) is 27.6. The summed E-state index contributed by atoms with van der Waals surface area (Å²) >= 11 is 0. The number of rotatable bonds is 12. The highest BCUT2D eigenvalue weighted by atomic mass is 28.3. The largest absolute Gasteiger partial charge is 0.463 e. The predicted octanol–water partition coefficient (Wildman–Crippen LogP) is 2.79. The van der Waals surface area contributed by atoms with Crippen molar-refractivity contribution in [3.8, 4) is 0 Å². The summed E-state index contributed by atoms with van der Waals surface area (Å²) in [6, 6.07) is 0.679. The molecule has 43 heavy (non-hydrogen) atoms. The Morgan fingerprint density at radius 3 is 1.74 bits per heavy atom. The van der Waals surface area contributed by atoms with Crippen molar-refractivity contribution in [2.75, 3.05) is 13.2 Å². The molecule has 0 aromatic rings. The molecule has 0 spiro atoms. The van der Waals surface area contributed by atoms with Crippen molar-refractivity contribution >= 4 is 44.0 Å². The lowest BCUT2D eigenvalue weighted by Gasteiger charge is -2.44. The molecule has 14 nitrogen and oxygen atoms in total. The zero-order valence-electron chi connectivity index (χ0n) is 26.6. The van der Waals surface area contributed by atoms with Crippen LogP contribution in [0.5, 0.6) is 0 Å². The minimum absolute atomic E-state index is 0.126. The van der Waals surface area contributed by atoms with Crippen molar-refractivity contribution in [2.24, 2.45) is 0 Å². The van der Waals surface area contributed by atoms with Crippen molar-refractivity contribution in [2.45, 2.75) is 117 Å². The number of carbonyl (C=O) groups excluding carboxylic acids is 6. The van der Waals surface area contributed by atoms with Gasteiger partial charge in [0.1, 0.15) is 30.1 Å². The highest BCUT2D eigenvalue weighted by Crippen LogP contribution is 2.31. The molecule has 1 N–H and O–H groups in total. The standard InChI is InChI=1S/C28H45NO13Si/c1-16(30)37-15-22-24(39-18(3)32)25(40-19(4)33)23(38-17(2)31)21(41-22)12-11-20(29-27(35)42-28(5,6)7)26(34)36-13-14-43(8,9)10/h11,21-25H,12-15H2,1-10H3,(H,29,35)/b20-11+/t21-,22-,23-,24-,25-/m1/s1. The first kappa shape index (κ1) is 37.6. The molecule has 0 radical (unpaired) electrons. The number of amides is 1. The van der Waals surface area contributed by atoms with E-state index in [0.717, 1.165) is 27.7 Å². The van der Waals surface area contributed by atoms with E-state index < -0.39 is 86.7 Å². The number of nitrogens with one attached hydrogen (secondary N) is 1. The number of ether oxygens (including phenoxy) is 7. The molecule has 15 heteroatoms. The van der Waals surface area contributed by atoms with Crippen LogP contribution in [-0.2, 0) is 57.1 Å². The van der Waals surface area contributed by atoms with Gasteiger partial charge in [0.05, 0.1) is 6.61 Å². The third kappa shape index (κ3) is 15.0. The Morgan fingerprint density at radius 1 is 0.767 bits per heavy atom. The first-order valence-corrected chi connectivity index (χ1v) is 17.6. The molecule has 244 valence electrons. The fourth-order valence-electron chi connectivity index (χ4n) is 3.87. The summed E-state index contributed by atoms with van der Waals surface area (Å²) in [6.07, 6.45) is -6.14. The highest BCUT2D eigenvalue weighted by Gasteiger charge is 2.51. The Kier molecular flexibility index (Phi) is 14.3. The van der Waals surface area contributed by atoms with Gasteiger partial charge >= 0.3 is 35.9 Å². The van der Waals surface area contributed by atoms with Crippen LogP contribution in [-0.4, -0.2) is 93.3 Å². The van der Waals surface area contributed by atoms with Crippen LogP contribution >= 0.6 is 0 Å².